The molecule has 0 bridgehead atoms. The van der Waals surface area contributed by atoms with Crippen molar-refractivity contribution in [1.29, 1.82) is 0 Å². The van der Waals surface area contributed by atoms with Gasteiger partial charge in [0.25, 0.3) is 5.69 Å². The largest absolute Gasteiger partial charge is 0.298 e. The Morgan fingerprint density at radius 3 is 2.42 bits per heavy atom. The molecule has 0 aliphatic heterocycles. The SMILES string of the molecule is O=Cc1cn(-c2ccc(F)cc2F)nc1-c1ccc([N+](=O)[O-])cc1. The number of carbonyl (C=O) groups is 1. The summed E-state index contributed by atoms with van der Waals surface area (Å²) in [6, 6.07) is 8.43. The van der Waals surface area contributed by atoms with Crippen molar-refractivity contribution in [3.8, 4) is 16.9 Å². The van der Waals surface area contributed by atoms with E-state index < -0.39 is 16.6 Å². The van der Waals surface area contributed by atoms with Crippen molar-refractivity contribution in [3.63, 3.8) is 0 Å². The Hall–Kier alpha value is -3.42. The molecule has 0 radical (unpaired) electrons. The zero-order valence-electron chi connectivity index (χ0n) is 12.0. The van der Waals surface area contributed by atoms with E-state index in [0.29, 0.717) is 17.9 Å². The van der Waals surface area contributed by atoms with Gasteiger partial charge in [0.15, 0.2) is 12.1 Å². The molecule has 1 aromatic heterocycles. The highest BCUT2D eigenvalue weighted by molar-refractivity contribution is 5.85. The van der Waals surface area contributed by atoms with E-state index in [1.54, 1.807) is 0 Å². The number of hydrogen-bond donors (Lipinski definition) is 0. The molecule has 120 valence electrons. The first-order valence-corrected chi connectivity index (χ1v) is 6.74. The van der Waals surface area contributed by atoms with Crippen molar-refractivity contribution >= 4 is 12.0 Å². The van der Waals surface area contributed by atoms with Crippen LogP contribution in [0.4, 0.5) is 14.5 Å². The van der Waals surface area contributed by atoms with Gasteiger partial charge in [0.05, 0.1) is 10.5 Å². The summed E-state index contributed by atoms with van der Waals surface area (Å²) < 4.78 is 28.0. The number of rotatable bonds is 4. The summed E-state index contributed by atoms with van der Waals surface area (Å²) in [5.41, 5.74) is 0.753. The van der Waals surface area contributed by atoms with Crippen molar-refractivity contribution in [2.45, 2.75) is 0 Å². The lowest BCUT2D eigenvalue weighted by Gasteiger charge is -2.03. The van der Waals surface area contributed by atoms with Gasteiger partial charge in [-0.05, 0) is 24.3 Å². The van der Waals surface area contributed by atoms with E-state index in [1.807, 2.05) is 0 Å². The van der Waals surface area contributed by atoms with Crippen molar-refractivity contribution in [2.24, 2.45) is 0 Å². The lowest BCUT2D eigenvalue weighted by Crippen LogP contribution is -1.99. The summed E-state index contributed by atoms with van der Waals surface area (Å²) >= 11 is 0. The van der Waals surface area contributed by atoms with E-state index in [9.17, 15) is 23.7 Å². The third kappa shape index (κ3) is 2.76. The van der Waals surface area contributed by atoms with Crippen molar-refractivity contribution in [3.05, 3.63) is 76.0 Å². The van der Waals surface area contributed by atoms with Gasteiger partial charge >= 0.3 is 0 Å². The van der Waals surface area contributed by atoms with Crippen LogP contribution in [0.5, 0.6) is 0 Å². The van der Waals surface area contributed by atoms with E-state index in [0.717, 1.165) is 10.7 Å². The van der Waals surface area contributed by atoms with Gasteiger partial charge in [0.1, 0.15) is 17.2 Å². The number of hydrogen-bond acceptors (Lipinski definition) is 4. The van der Waals surface area contributed by atoms with Gasteiger partial charge in [-0.3, -0.25) is 14.9 Å². The third-order valence-corrected chi connectivity index (χ3v) is 3.38. The van der Waals surface area contributed by atoms with Crippen LogP contribution in [0.15, 0.2) is 48.7 Å². The molecule has 0 saturated heterocycles. The molecule has 2 aromatic carbocycles. The standard InChI is InChI=1S/C16H9F2N3O3/c17-12-3-6-15(14(18)7-12)20-8-11(9-22)16(19-20)10-1-4-13(5-2-10)21(23)24/h1-9H. The second-order valence-corrected chi connectivity index (χ2v) is 4.90. The minimum Gasteiger partial charge on any atom is -0.298 e. The second-order valence-electron chi connectivity index (χ2n) is 4.90. The zero-order chi connectivity index (χ0) is 17.3. The fourth-order valence-corrected chi connectivity index (χ4v) is 2.23. The molecule has 1 heterocycles. The van der Waals surface area contributed by atoms with Crippen LogP contribution in [0.3, 0.4) is 0 Å². The lowest BCUT2D eigenvalue weighted by molar-refractivity contribution is -0.384. The summed E-state index contributed by atoms with van der Waals surface area (Å²) in [5.74, 6) is -1.56. The molecule has 0 fully saturated rings. The van der Waals surface area contributed by atoms with Crippen molar-refractivity contribution in [2.75, 3.05) is 0 Å². The van der Waals surface area contributed by atoms with Crippen LogP contribution in [-0.4, -0.2) is 21.0 Å². The number of non-ortho nitro benzene ring substituents is 1. The summed E-state index contributed by atoms with van der Waals surface area (Å²) in [7, 11) is 0. The minimum absolute atomic E-state index is 0.0207. The van der Waals surface area contributed by atoms with Gasteiger partial charge in [-0.1, -0.05) is 0 Å². The third-order valence-electron chi connectivity index (χ3n) is 3.38. The van der Waals surface area contributed by atoms with Crippen LogP contribution in [0.25, 0.3) is 16.9 Å². The van der Waals surface area contributed by atoms with Gasteiger partial charge < -0.3 is 0 Å². The van der Waals surface area contributed by atoms with E-state index in [2.05, 4.69) is 5.10 Å². The Balaban J connectivity index is 2.07. The summed E-state index contributed by atoms with van der Waals surface area (Å²) in [4.78, 5) is 21.4. The van der Waals surface area contributed by atoms with Gasteiger partial charge in [-0.2, -0.15) is 5.10 Å². The van der Waals surface area contributed by atoms with Gasteiger partial charge in [0.2, 0.25) is 0 Å². The molecule has 24 heavy (non-hydrogen) atoms. The van der Waals surface area contributed by atoms with Crippen LogP contribution in [0.2, 0.25) is 0 Å². The molecule has 0 saturated carbocycles. The first kappa shape index (κ1) is 15.5. The monoisotopic (exact) mass is 329 g/mol. The number of nitrogens with zero attached hydrogens (tertiary/aromatic N) is 3. The van der Waals surface area contributed by atoms with Gasteiger partial charge in [0, 0.05) is 30.0 Å². The second kappa shape index (κ2) is 5.99. The molecule has 0 unspecified atom stereocenters. The summed E-state index contributed by atoms with van der Waals surface area (Å²) in [6.45, 7) is 0. The first-order valence-electron chi connectivity index (χ1n) is 6.74. The average Bonchev–Trinajstić information content (AvgIpc) is 2.99. The van der Waals surface area contributed by atoms with Crippen LogP contribution >= 0.6 is 0 Å². The molecule has 3 rings (SSSR count). The molecular formula is C16H9F2N3O3. The Bertz CT molecular complexity index is 936. The normalized spacial score (nSPS) is 10.6. The lowest BCUT2D eigenvalue weighted by atomic mass is 10.1. The molecule has 0 N–H and O–H groups in total. The molecule has 0 aliphatic rings. The van der Waals surface area contributed by atoms with Crippen LogP contribution in [0, 0.1) is 21.7 Å². The summed E-state index contributed by atoms with van der Waals surface area (Å²) in [5, 5.41) is 14.8. The number of aldehydes is 1. The Morgan fingerprint density at radius 1 is 1.12 bits per heavy atom. The Labute approximate surface area is 134 Å². The number of halogens is 2. The molecule has 8 heteroatoms. The highest BCUT2D eigenvalue weighted by atomic mass is 19.1. The number of nitro benzene ring substituents is 1. The quantitative estimate of drug-likeness (QED) is 0.417. The molecule has 0 amide bonds. The molecular weight excluding hydrogens is 320 g/mol. The van der Waals surface area contributed by atoms with Gasteiger partial charge in [-0.25, -0.2) is 13.5 Å². The van der Waals surface area contributed by atoms with E-state index in [1.165, 1.54) is 36.5 Å². The predicted molar refractivity (Wildman–Crippen MR) is 81.0 cm³/mol. The fraction of sp³-hybridized carbons (Fsp3) is 0. The van der Waals surface area contributed by atoms with Crippen molar-refractivity contribution < 1.29 is 18.5 Å². The number of carbonyl (C=O) groups excluding carboxylic acids is 1. The number of benzene rings is 2. The minimum atomic E-state index is -0.829. The Morgan fingerprint density at radius 2 is 1.83 bits per heavy atom. The molecule has 0 spiro atoms. The molecule has 0 aliphatic carbocycles. The molecule has 6 nitrogen and oxygen atoms in total. The number of aromatic nitrogens is 2. The van der Waals surface area contributed by atoms with E-state index >= 15 is 0 Å². The highest BCUT2D eigenvalue weighted by Gasteiger charge is 2.15. The molecule has 3 aromatic rings. The topological polar surface area (TPSA) is 78.0 Å². The number of nitro groups is 1. The maximum absolute atomic E-state index is 13.9. The van der Waals surface area contributed by atoms with E-state index in [4.69, 9.17) is 0 Å². The Kier molecular flexibility index (Phi) is 3.87. The smallest absolute Gasteiger partial charge is 0.269 e. The highest BCUT2D eigenvalue weighted by Crippen LogP contribution is 2.25. The first-order chi connectivity index (χ1) is 11.5. The van der Waals surface area contributed by atoms with Gasteiger partial charge in [-0.15, -0.1) is 0 Å². The maximum Gasteiger partial charge on any atom is 0.269 e. The van der Waals surface area contributed by atoms with Crippen molar-refractivity contribution in [1.82, 2.24) is 9.78 Å². The summed E-state index contributed by atoms with van der Waals surface area (Å²) in [6.07, 6.45) is 1.85. The zero-order valence-corrected chi connectivity index (χ0v) is 12.0. The van der Waals surface area contributed by atoms with Crippen LogP contribution < -0.4 is 0 Å². The molecule has 0 atom stereocenters. The van der Waals surface area contributed by atoms with Crippen LogP contribution in [-0.2, 0) is 0 Å². The predicted octanol–water partition coefficient (Wildman–Crippen LogP) is 3.54. The fourth-order valence-electron chi connectivity index (χ4n) is 2.23. The van der Waals surface area contributed by atoms with E-state index in [-0.39, 0.29) is 22.6 Å². The van der Waals surface area contributed by atoms with Crippen LogP contribution in [0.1, 0.15) is 10.4 Å². The average molecular weight is 329 g/mol. The maximum atomic E-state index is 13.9.